The quantitative estimate of drug-likeness (QED) is 0.382. The molecule has 0 atom stereocenters. The van der Waals surface area contributed by atoms with E-state index in [0.717, 1.165) is 33.3 Å². The van der Waals surface area contributed by atoms with Crippen molar-refractivity contribution in [3.63, 3.8) is 0 Å². The van der Waals surface area contributed by atoms with Crippen molar-refractivity contribution in [2.75, 3.05) is 0 Å². The number of para-hydroxylation sites is 4. The van der Waals surface area contributed by atoms with Crippen LogP contribution in [0.1, 0.15) is 0 Å². The first-order valence-electron chi connectivity index (χ1n) is 9.48. The smallest absolute Gasteiger partial charge is 0.246 e. The maximum absolute atomic E-state index is 6.06. The van der Waals surface area contributed by atoms with Crippen molar-refractivity contribution in [2.45, 2.75) is 0 Å². The molecule has 4 aromatic heterocycles. The standard InChI is InChI=1S/C24H14N4O2/c1-3-9-19-17(7-1)27-23(29-19)16-11-13-26-22(21(16)15-6-5-12-25-14-15)24-28-18-8-2-4-10-20(18)30-24/h1-14H. The van der Waals surface area contributed by atoms with E-state index in [1.807, 2.05) is 66.7 Å². The average molecular weight is 390 g/mol. The van der Waals surface area contributed by atoms with Crippen molar-refractivity contribution in [3.05, 3.63) is 85.3 Å². The fraction of sp³-hybridized carbons (Fsp3) is 0. The van der Waals surface area contributed by atoms with Gasteiger partial charge in [-0.25, -0.2) is 9.97 Å². The molecule has 0 aliphatic heterocycles. The summed E-state index contributed by atoms with van der Waals surface area (Å²) in [5.74, 6) is 0.947. The molecule has 0 radical (unpaired) electrons. The molecule has 0 unspecified atom stereocenters. The van der Waals surface area contributed by atoms with Crippen LogP contribution in [0, 0.1) is 0 Å². The van der Waals surface area contributed by atoms with Gasteiger partial charge in [-0.05, 0) is 36.4 Å². The summed E-state index contributed by atoms with van der Waals surface area (Å²) >= 11 is 0. The molecule has 4 heterocycles. The number of nitrogens with zero attached hydrogens (tertiary/aromatic N) is 4. The molecule has 6 nitrogen and oxygen atoms in total. The van der Waals surface area contributed by atoms with Gasteiger partial charge >= 0.3 is 0 Å². The topological polar surface area (TPSA) is 77.8 Å². The molecule has 6 aromatic rings. The van der Waals surface area contributed by atoms with E-state index in [2.05, 4.69) is 19.9 Å². The van der Waals surface area contributed by atoms with Crippen LogP contribution in [0.5, 0.6) is 0 Å². The van der Waals surface area contributed by atoms with Crippen molar-refractivity contribution in [1.82, 2.24) is 19.9 Å². The second-order valence-electron chi connectivity index (χ2n) is 6.80. The summed E-state index contributed by atoms with van der Waals surface area (Å²) in [6.07, 6.45) is 5.24. The maximum atomic E-state index is 6.06. The highest BCUT2D eigenvalue weighted by Crippen LogP contribution is 2.39. The summed E-state index contributed by atoms with van der Waals surface area (Å²) in [5, 5.41) is 0. The first-order valence-corrected chi connectivity index (χ1v) is 9.48. The molecule has 0 saturated heterocycles. The Hall–Kier alpha value is -4.32. The van der Waals surface area contributed by atoms with Crippen LogP contribution in [0.3, 0.4) is 0 Å². The number of hydrogen-bond acceptors (Lipinski definition) is 6. The summed E-state index contributed by atoms with van der Waals surface area (Å²) in [4.78, 5) is 18.2. The molecule has 0 fully saturated rings. The van der Waals surface area contributed by atoms with Gasteiger partial charge in [-0.15, -0.1) is 0 Å². The molecule has 6 heteroatoms. The first-order chi connectivity index (χ1) is 14.9. The zero-order chi connectivity index (χ0) is 19.9. The van der Waals surface area contributed by atoms with Gasteiger partial charge in [-0.1, -0.05) is 30.3 Å². The maximum Gasteiger partial charge on any atom is 0.246 e. The number of hydrogen-bond donors (Lipinski definition) is 0. The predicted octanol–water partition coefficient (Wildman–Crippen LogP) is 5.76. The fourth-order valence-corrected chi connectivity index (χ4v) is 3.57. The Morgan fingerprint density at radius 1 is 0.633 bits per heavy atom. The first kappa shape index (κ1) is 16.6. The van der Waals surface area contributed by atoms with Crippen molar-refractivity contribution < 1.29 is 8.83 Å². The molecule has 30 heavy (non-hydrogen) atoms. The lowest BCUT2D eigenvalue weighted by atomic mass is 9.99. The van der Waals surface area contributed by atoms with Crippen molar-refractivity contribution in [2.24, 2.45) is 0 Å². The molecule has 142 valence electrons. The molecule has 6 rings (SSSR count). The Kier molecular flexibility index (Phi) is 3.67. The van der Waals surface area contributed by atoms with E-state index < -0.39 is 0 Å². The lowest BCUT2D eigenvalue weighted by Crippen LogP contribution is -1.94. The minimum absolute atomic E-state index is 0.438. The Bertz CT molecular complexity index is 1340. The number of pyridine rings is 2. The van der Waals surface area contributed by atoms with E-state index in [1.54, 1.807) is 18.6 Å². The fourth-order valence-electron chi connectivity index (χ4n) is 3.57. The molecule has 0 saturated carbocycles. The van der Waals surface area contributed by atoms with Gasteiger partial charge in [0.15, 0.2) is 11.2 Å². The van der Waals surface area contributed by atoms with Crippen molar-refractivity contribution in [3.8, 4) is 34.2 Å². The van der Waals surface area contributed by atoms with Crippen LogP contribution >= 0.6 is 0 Å². The molecule has 0 spiro atoms. The van der Waals surface area contributed by atoms with Crippen LogP contribution < -0.4 is 0 Å². The van der Waals surface area contributed by atoms with Gasteiger partial charge in [0.05, 0.1) is 0 Å². The van der Waals surface area contributed by atoms with Crippen molar-refractivity contribution >= 4 is 22.2 Å². The van der Waals surface area contributed by atoms with E-state index in [0.29, 0.717) is 23.1 Å². The summed E-state index contributed by atoms with van der Waals surface area (Å²) in [7, 11) is 0. The van der Waals surface area contributed by atoms with Crippen molar-refractivity contribution in [1.29, 1.82) is 0 Å². The number of benzene rings is 2. The molecular weight excluding hydrogens is 376 g/mol. The van der Waals surface area contributed by atoms with Gasteiger partial charge in [-0.3, -0.25) is 9.97 Å². The number of fused-ring (bicyclic) bond motifs is 2. The zero-order valence-electron chi connectivity index (χ0n) is 15.7. The summed E-state index contributed by atoms with van der Waals surface area (Å²) in [6.45, 7) is 0. The summed E-state index contributed by atoms with van der Waals surface area (Å²) < 4.78 is 12.1. The molecule has 0 amide bonds. The van der Waals surface area contributed by atoms with E-state index in [-0.39, 0.29) is 0 Å². The van der Waals surface area contributed by atoms with Gasteiger partial charge < -0.3 is 8.83 Å². The molecule has 2 aromatic carbocycles. The lowest BCUT2D eigenvalue weighted by molar-refractivity contribution is 0.615. The molecular formula is C24H14N4O2. The van der Waals surface area contributed by atoms with E-state index in [9.17, 15) is 0 Å². The van der Waals surface area contributed by atoms with Crippen LogP contribution in [0.15, 0.2) is 94.2 Å². The zero-order valence-corrected chi connectivity index (χ0v) is 15.7. The van der Waals surface area contributed by atoms with Gasteiger partial charge in [0.2, 0.25) is 11.8 Å². The Labute approximate surface area is 170 Å². The third kappa shape index (κ3) is 2.66. The number of oxazole rings is 2. The molecule has 0 aliphatic rings. The minimum atomic E-state index is 0.438. The van der Waals surface area contributed by atoms with Crippen LogP contribution in [0.2, 0.25) is 0 Å². The van der Waals surface area contributed by atoms with Gasteiger partial charge in [0, 0.05) is 35.3 Å². The Morgan fingerprint density at radius 3 is 2.03 bits per heavy atom. The summed E-state index contributed by atoms with van der Waals surface area (Å²) in [6, 6.07) is 21.1. The third-order valence-corrected chi connectivity index (χ3v) is 4.92. The molecule has 0 N–H and O–H groups in total. The van der Waals surface area contributed by atoms with Crippen LogP contribution in [0.4, 0.5) is 0 Å². The Morgan fingerprint density at radius 2 is 1.33 bits per heavy atom. The van der Waals surface area contributed by atoms with Crippen LogP contribution in [-0.4, -0.2) is 19.9 Å². The van der Waals surface area contributed by atoms with Crippen LogP contribution in [0.25, 0.3) is 56.4 Å². The highest BCUT2D eigenvalue weighted by Gasteiger charge is 2.22. The highest BCUT2D eigenvalue weighted by molar-refractivity contribution is 5.91. The molecule has 0 bridgehead atoms. The SMILES string of the molecule is c1cncc(-c2c(-c3nc4ccccc4o3)ccnc2-c2nc3ccccc3o2)c1. The number of rotatable bonds is 3. The second kappa shape index (κ2) is 6.63. The van der Waals surface area contributed by atoms with Crippen LogP contribution in [-0.2, 0) is 0 Å². The molecule has 0 aliphatic carbocycles. The minimum Gasteiger partial charge on any atom is -0.436 e. The van der Waals surface area contributed by atoms with E-state index in [1.165, 1.54) is 0 Å². The third-order valence-electron chi connectivity index (χ3n) is 4.92. The normalized spacial score (nSPS) is 11.3. The average Bonchev–Trinajstić information content (AvgIpc) is 3.43. The number of aromatic nitrogens is 4. The Balaban J connectivity index is 1.64. The van der Waals surface area contributed by atoms with E-state index in [4.69, 9.17) is 8.83 Å². The highest BCUT2D eigenvalue weighted by atomic mass is 16.4. The predicted molar refractivity (Wildman–Crippen MR) is 113 cm³/mol. The summed E-state index contributed by atoms with van der Waals surface area (Å²) in [5.41, 5.74) is 6.10. The monoisotopic (exact) mass is 390 g/mol. The van der Waals surface area contributed by atoms with Gasteiger partial charge in [0.25, 0.3) is 0 Å². The second-order valence-corrected chi connectivity index (χ2v) is 6.80. The largest absolute Gasteiger partial charge is 0.436 e. The van der Waals surface area contributed by atoms with E-state index >= 15 is 0 Å². The van der Waals surface area contributed by atoms with Gasteiger partial charge in [0.1, 0.15) is 16.7 Å². The lowest BCUT2D eigenvalue weighted by Gasteiger charge is -2.10. The van der Waals surface area contributed by atoms with Gasteiger partial charge in [-0.2, -0.15) is 0 Å².